The fourth-order valence-corrected chi connectivity index (χ4v) is 22.1. The predicted octanol–water partition coefficient (Wildman–Crippen LogP) is 29.8. The molecule has 0 fully saturated rings. The topological polar surface area (TPSA) is 21.3 Å². The van der Waals surface area contributed by atoms with E-state index < -0.39 is 0 Å². The number of aromatic nitrogens is 3. The normalized spacial score (nSPS) is 15.2. The monoisotopic (exact) mass is 1590 g/mol. The van der Waals surface area contributed by atoms with Gasteiger partial charge in [0.15, 0.2) is 0 Å². The molecule has 0 atom stereocenters. The van der Waals surface area contributed by atoms with Gasteiger partial charge in [-0.25, -0.2) is 0 Å². The number of para-hydroxylation sites is 2. The third-order valence-electron chi connectivity index (χ3n) is 29.0. The molecule has 2 aliphatic carbocycles. The molecule has 24 rings (SSSR count). The lowest BCUT2D eigenvalue weighted by Gasteiger charge is -2.44. The zero-order valence-electron chi connectivity index (χ0n) is 71.4. The highest BCUT2D eigenvalue weighted by atomic mass is 15.2. The second kappa shape index (κ2) is 27.7. The van der Waals surface area contributed by atoms with Crippen molar-refractivity contribution in [2.75, 3.05) is 9.80 Å². The van der Waals surface area contributed by atoms with Crippen molar-refractivity contribution in [3.05, 3.63) is 398 Å². The highest BCUT2D eigenvalue weighted by molar-refractivity contribution is 7.00. The van der Waals surface area contributed by atoms with Crippen LogP contribution in [0.4, 0.5) is 34.1 Å². The first-order valence-corrected chi connectivity index (χ1v) is 44.4. The molecule has 3 aromatic heterocycles. The zero-order chi connectivity index (χ0) is 83.2. The third kappa shape index (κ3) is 11.6. The molecular formula is C118H94BN5. The number of anilines is 6. The number of fused-ring (bicyclic) bond motifs is 15. The van der Waals surface area contributed by atoms with Crippen molar-refractivity contribution in [3.8, 4) is 83.8 Å². The quantitative estimate of drug-likeness (QED) is 0.120. The molecule has 124 heavy (non-hydrogen) atoms. The molecule has 20 aromatic rings. The Hall–Kier alpha value is -14.2. The van der Waals surface area contributed by atoms with Gasteiger partial charge in [-0.15, -0.1) is 0 Å². The van der Waals surface area contributed by atoms with E-state index in [9.17, 15) is 0 Å². The van der Waals surface area contributed by atoms with E-state index in [0.717, 1.165) is 97.1 Å². The summed E-state index contributed by atoms with van der Waals surface area (Å²) in [5, 5.41) is 7.25. The summed E-state index contributed by atoms with van der Waals surface area (Å²) >= 11 is 0. The summed E-state index contributed by atoms with van der Waals surface area (Å²) in [7, 11) is 0. The van der Waals surface area contributed by atoms with Crippen molar-refractivity contribution in [2.24, 2.45) is 0 Å². The summed E-state index contributed by atoms with van der Waals surface area (Å²) < 4.78 is 7.63. The van der Waals surface area contributed by atoms with Gasteiger partial charge in [0.25, 0.3) is 6.71 Å². The smallest absolute Gasteiger partial charge is 0.252 e. The number of nitrogens with zero attached hydrogens (tertiary/aromatic N) is 5. The molecule has 0 bridgehead atoms. The predicted molar refractivity (Wildman–Crippen MR) is 527 cm³/mol. The summed E-state index contributed by atoms with van der Waals surface area (Å²) in [4.78, 5) is 5.29. The molecule has 594 valence electrons. The fourth-order valence-electron chi connectivity index (χ4n) is 22.1. The van der Waals surface area contributed by atoms with Crippen LogP contribution in [0.15, 0.2) is 376 Å². The SMILES string of the molecule is CC1(C)CCC(C)(C)c2cc(-c3ccc(N4c5cc(-n6c7ccc(-c8ccccc8)cc7c7cc(-c8ccccc8)ccc76)ccc5B5c6ccc(-n7c8ccc(-c9ccccc9)cc8c8cc(-c9ccccc9)ccc87)cc6N(c6ccc(-c7ccc8c(c7)C(C)(C)CCC8(C)C)cc6)c6cc(-n7c8ccccc8c8ccccc87)cc4c65)cc3)ccc21. The molecule has 5 nitrogen and oxygen atoms in total. The van der Waals surface area contributed by atoms with Crippen molar-refractivity contribution in [3.63, 3.8) is 0 Å². The van der Waals surface area contributed by atoms with Crippen LogP contribution in [0, 0.1) is 0 Å². The first-order valence-electron chi connectivity index (χ1n) is 44.4. The molecule has 4 aliphatic rings. The lowest BCUT2D eigenvalue weighted by Crippen LogP contribution is -2.61. The van der Waals surface area contributed by atoms with E-state index in [1.807, 2.05) is 0 Å². The Labute approximate surface area is 726 Å². The van der Waals surface area contributed by atoms with Crippen LogP contribution in [0.2, 0.25) is 0 Å². The van der Waals surface area contributed by atoms with Crippen LogP contribution < -0.4 is 26.2 Å². The maximum Gasteiger partial charge on any atom is 0.252 e. The largest absolute Gasteiger partial charge is 0.311 e. The van der Waals surface area contributed by atoms with Gasteiger partial charge in [0.1, 0.15) is 0 Å². The van der Waals surface area contributed by atoms with Crippen LogP contribution in [0.25, 0.3) is 149 Å². The molecule has 0 unspecified atom stereocenters. The van der Waals surface area contributed by atoms with Crippen LogP contribution >= 0.6 is 0 Å². The minimum absolute atomic E-state index is 0.0514. The highest BCUT2D eigenvalue weighted by Gasteiger charge is 2.46. The Kier molecular flexibility index (Phi) is 16.4. The Morgan fingerprint density at radius 1 is 0.194 bits per heavy atom. The number of benzene rings is 17. The highest BCUT2D eigenvalue weighted by Crippen LogP contribution is 2.53. The van der Waals surface area contributed by atoms with Crippen molar-refractivity contribution >= 4 is 123 Å². The van der Waals surface area contributed by atoms with Crippen LogP contribution in [0.1, 0.15) is 103 Å². The summed E-state index contributed by atoms with van der Waals surface area (Å²) in [5.74, 6) is 0. The van der Waals surface area contributed by atoms with Gasteiger partial charge in [-0.05, 0) is 274 Å². The van der Waals surface area contributed by atoms with Crippen LogP contribution in [0.3, 0.4) is 0 Å². The summed E-state index contributed by atoms with van der Waals surface area (Å²) in [6.07, 6.45) is 4.64. The van der Waals surface area contributed by atoms with Gasteiger partial charge in [0, 0.05) is 77.8 Å². The molecule has 0 spiro atoms. The maximum atomic E-state index is 2.65. The van der Waals surface area contributed by atoms with Gasteiger partial charge in [0.05, 0.1) is 38.8 Å². The molecule has 0 N–H and O–H groups in total. The van der Waals surface area contributed by atoms with E-state index in [1.165, 1.54) is 151 Å². The van der Waals surface area contributed by atoms with E-state index in [2.05, 4.69) is 455 Å². The molecular weight excluding hydrogens is 1500 g/mol. The first-order chi connectivity index (χ1) is 60.4. The number of hydrogen-bond donors (Lipinski definition) is 0. The van der Waals surface area contributed by atoms with Gasteiger partial charge < -0.3 is 23.5 Å². The standard InChI is InChI=1S/C118H94BN5/c1-115(2)61-63-117(5,6)100-69-85(41-53-98(100)115)79-37-47-87(48-38-79)120-110-71-89(122-106-57-43-81(75-25-13-9-14-26-75)65-94(106)95-66-82(44-58-107(95)122)76-27-15-10-16-28-76)51-55-102(110)119-103-56-52-90(123-108-59-45-83(77-29-17-11-18-30-77)67-96(108)97-68-84(46-60-109(97)123)78-31-19-12-20-32-78)72-111(103)121(88-49-39-80(40-50-88)86-42-54-99-101(70-86)118(7,8)64-62-116(99,3)4)113-74-91(73-112(120)114(113)119)124-104-35-23-21-33-92(104)93-34-22-24-36-105(93)124/h9-60,65-74H,61-64H2,1-8H3. The Morgan fingerprint density at radius 2 is 0.452 bits per heavy atom. The number of hydrogen-bond acceptors (Lipinski definition) is 2. The van der Waals surface area contributed by atoms with Crippen LogP contribution in [-0.2, 0) is 21.7 Å². The van der Waals surface area contributed by atoms with Crippen molar-refractivity contribution in [1.29, 1.82) is 0 Å². The molecule has 2 aliphatic heterocycles. The Bertz CT molecular complexity index is 7130. The lowest BCUT2D eigenvalue weighted by atomic mass is 9.33. The summed E-state index contributed by atoms with van der Waals surface area (Å²) in [5.41, 5.74) is 41.0. The van der Waals surface area contributed by atoms with Gasteiger partial charge in [-0.2, -0.15) is 0 Å². The van der Waals surface area contributed by atoms with E-state index in [0.29, 0.717) is 0 Å². The third-order valence-corrected chi connectivity index (χ3v) is 29.0. The summed E-state index contributed by atoms with van der Waals surface area (Å²) in [6.45, 7) is 19.2. The minimum atomic E-state index is -0.248. The summed E-state index contributed by atoms with van der Waals surface area (Å²) in [6, 6.07) is 144. The molecule has 0 amide bonds. The number of rotatable bonds is 11. The second-order valence-electron chi connectivity index (χ2n) is 38.1. The van der Waals surface area contributed by atoms with Crippen LogP contribution in [-0.4, -0.2) is 20.4 Å². The van der Waals surface area contributed by atoms with E-state index in [-0.39, 0.29) is 28.4 Å². The van der Waals surface area contributed by atoms with Crippen molar-refractivity contribution in [2.45, 2.75) is 103 Å². The van der Waals surface area contributed by atoms with E-state index in [4.69, 9.17) is 0 Å². The second-order valence-corrected chi connectivity index (χ2v) is 38.1. The molecule has 6 heteroatoms. The first kappa shape index (κ1) is 73.7. The average molecular weight is 1590 g/mol. The zero-order valence-corrected chi connectivity index (χ0v) is 71.4. The Balaban J connectivity index is 0.786. The maximum absolute atomic E-state index is 2.65. The van der Waals surface area contributed by atoms with Gasteiger partial charge >= 0.3 is 0 Å². The minimum Gasteiger partial charge on any atom is -0.311 e. The van der Waals surface area contributed by atoms with Crippen molar-refractivity contribution in [1.82, 2.24) is 13.7 Å². The molecule has 0 saturated carbocycles. The van der Waals surface area contributed by atoms with Gasteiger partial charge in [-0.3, -0.25) is 0 Å². The molecule has 0 saturated heterocycles. The fraction of sp³-hybridized carbons (Fsp3) is 0.136. The van der Waals surface area contributed by atoms with Gasteiger partial charge in [0.2, 0.25) is 0 Å². The van der Waals surface area contributed by atoms with Crippen molar-refractivity contribution < 1.29 is 0 Å². The van der Waals surface area contributed by atoms with E-state index >= 15 is 0 Å². The molecule has 17 aromatic carbocycles. The molecule has 5 heterocycles. The lowest BCUT2D eigenvalue weighted by molar-refractivity contribution is 0.332. The molecule has 0 radical (unpaired) electrons. The Morgan fingerprint density at radius 3 is 0.798 bits per heavy atom. The average Bonchev–Trinajstić information content (AvgIpc) is 0.934. The van der Waals surface area contributed by atoms with Gasteiger partial charge in [-0.1, -0.05) is 310 Å². The van der Waals surface area contributed by atoms with Crippen LogP contribution in [0.5, 0.6) is 0 Å². The van der Waals surface area contributed by atoms with E-state index in [1.54, 1.807) is 0 Å².